The van der Waals surface area contributed by atoms with Gasteiger partial charge in [-0.1, -0.05) is 13.8 Å². The number of halogens is 3. The summed E-state index contributed by atoms with van der Waals surface area (Å²) in [7, 11) is 0. The highest BCUT2D eigenvalue weighted by atomic mass is 32.2. The lowest BCUT2D eigenvalue weighted by atomic mass is 9.90. The summed E-state index contributed by atoms with van der Waals surface area (Å²) in [4.78, 5) is 25.6. The van der Waals surface area contributed by atoms with E-state index in [0.29, 0.717) is 12.8 Å². The van der Waals surface area contributed by atoms with Crippen molar-refractivity contribution in [3.63, 3.8) is 0 Å². The Morgan fingerprint density at radius 3 is 2.40 bits per heavy atom. The van der Waals surface area contributed by atoms with Gasteiger partial charge in [0.1, 0.15) is 11.6 Å². The van der Waals surface area contributed by atoms with Gasteiger partial charge in [-0.15, -0.1) is 0 Å². The summed E-state index contributed by atoms with van der Waals surface area (Å²) in [5.74, 6) is -0.878. The van der Waals surface area contributed by atoms with Crippen LogP contribution in [0.1, 0.15) is 33.6 Å². The van der Waals surface area contributed by atoms with Crippen LogP contribution in [-0.2, 0) is 9.59 Å². The number of alkyl halides is 3. The smallest absolute Gasteiger partial charge is 0.342 e. The Hall–Kier alpha value is -0.920. The molecular weight excluding hydrogens is 293 g/mol. The van der Waals surface area contributed by atoms with Gasteiger partial charge in [0.05, 0.1) is 0 Å². The second-order valence-electron chi connectivity index (χ2n) is 4.85. The van der Waals surface area contributed by atoms with Crippen LogP contribution in [0.5, 0.6) is 0 Å². The quantitative estimate of drug-likeness (QED) is 0.846. The SMILES string of the molecule is CCC1NC(=O)C(C)(CC)N(CCSC(F)(F)F)C1=O. The number of hydrogen-bond donors (Lipinski definition) is 1. The average Bonchev–Trinajstić information content (AvgIpc) is 2.36. The Balaban J connectivity index is 2.84. The van der Waals surface area contributed by atoms with E-state index in [4.69, 9.17) is 0 Å². The van der Waals surface area contributed by atoms with Crippen LogP contribution >= 0.6 is 11.8 Å². The molecule has 0 saturated carbocycles. The molecule has 1 heterocycles. The number of amides is 2. The predicted molar refractivity (Wildman–Crippen MR) is 71.1 cm³/mol. The molecule has 8 heteroatoms. The number of thioether (sulfide) groups is 1. The highest BCUT2D eigenvalue weighted by Crippen LogP contribution is 2.32. The standard InChI is InChI=1S/C12H19F3N2O2S/c1-4-8-9(18)17(6-7-20-12(13,14)15)11(3,5-2)10(19)16-8/h8H,4-7H2,1-3H3,(H,16,19). The largest absolute Gasteiger partial charge is 0.441 e. The lowest BCUT2D eigenvalue weighted by molar-refractivity contribution is -0.156. The zero-order valence-corrected chi connectivity index (χ0v) is 12.5. The monoisotopic (exact) mass is 312 g/mol. The minimum atomic E-state index is -4.33. The minimum Gasteiger partial charge on any atom is -0.342 e. The van der Waals surface area contributed by atoms with Crippen molar-refractivity contribution >= 4 is 23.6 Å². The highest BCUT2D eigenvalue weighted by molar-refractivity contribution is 8.00. The number of carbonyl (C=O) groups excluding carboxylic acids is 2. The summed E-state index contributed by atoms with van der Waals surface area (Å²) in [6.07, 6.45) is 0.783. The molecule has 0 aromatic carbocycles. The van der Waals surface area contributed by atoms with Gasteiger partial charge < -0.3 is 10.2 Å². The molecule has 0 aliphatic carbocycles. The van der Waals surface area contributed by atoms with Crippen molar-refractivity contribution in [2.45, 2.75) is 50.7 Å². The van der Waals surface area contributed by atoms with Gasteiger partial charge >= 0.3 is 5.51 Å². The summed E-state index contributed by atoms with van der Waals surface area (Å²) in [6, 6.07) is -0.641. The zero-order valence-electron chi connectivity index (χ0n) is 11.7. The minimum absolute atomic E-state index is 0.0860. The van der Waals surface area contributed by atoms with Crippen molar-refractivity contribution in [1.29, 1.82) is 0 Å². The molecule has 1 aliphatic heterocycles. The molecule has 0 radical (unpaired) electrons. The molecule has 1 aliphatic rings. The normalized spacial score (nSPS) is 27.7. The van der Waals surface area contributed by atoms with Gasteiger partial charge in [0, 0.05) is 12.3 Å². The molecule has 0 aromatic rings. The van der Waals surface area contributed by atoms with Crippen LogP contribution in [0.15, 0.2) is 0 Å². The number of carbonyl (C=O) groups is 2. The first-order valence-electron chi connectivity index (χ1n) is 6.48. The second-order valence-corrected chi connectivity index (χ2v) is 6.01. The maximum absolute atomic E-state index is 12.3. The maximum atomic E-state index is 12.3. The Kier molecular flexibility index (Phi) is 5.34. The van der Waals surface area contributed by atoms with Crippen LogP contribution in [0.25, 0.3) is 0 Å². The molecule has 116 valence electrons. The van der Waals surface area contributed by atoms with Crippen LogP contribution in [-0.4, -0.2) is 46.1 Å². The fraction of sp³-hybridized carbons (Fsp3) is 0.833. The van der Waals surface area contributed by atoms with E-state index in [9.17, 15) is 22.8 Å². The second kappa shape index (κ2) is 6.24. The number of hydrogen-bond acceptors (Lipinski definition) is 3. The summed E-state index contributed by atoms with van der Waals surface area (Å²) >= 11 is -0.175. The summed E-state index contributed by atoms with van der Waals surface area (Å²) in [5, 5.41) is 2.63. The van der Waals surface area contributed by atoms with E-state index in [0.717, 1.165) is 0 Å². The van der Waals surface area contributed by atoms with E-state index < -0.39 is 17.1 Å². The summed E-state index contributed by atoms with van der Waals surface area (Å²) in [5.41, 5.74) is -5.40. The van der Waals surface area contributed by atoms with Crippen LogP contribution in [0.4, 0.5) is 13.2 Å². The third kappa shape index (κ3) is 3.59. The van der Waals surface area contributed by atoms with Crippen LogP contribution in [0, 0.1) is 0 Å². The molecule has 20 heavy (non-hydrogen) atoms. The average molecular weight is 312 g/mol. The summed E-state index contributed by atoms with van der Waals surface area (Å²) < 4.78 is 36.5. The molecule has 4 nitrogen and oxygen atoms in total. The molecule has 2 atom stereocenters. The number of nitrogens with one attached hydrogen (secondary N) is 1. The van der Waals surface area contributed by atoms with E-state index >= 15 is 0 Å². The third-order valence-electron chi connectivity index (χ3n) is 3.63. The van der Waals surface area contributed by atoms with E-state index in [2.05, 4.69) is 5.32 Å². The first-order chi connectivity index (χ1) is 9.15. The first kappa shape index (κ1) is 17.1. The molecule has 0 bridgehead atoms. The van der Waals surface area contributed by atoms with Crippen molar-refractivity contribution in [1.82, 2.24) is 10.2 Å². The zero-order chi connectivity index (χ0) is 15.6. The highest BCUT2D eigenvalue weighted by Gasteiger charge is 2.47. The molecule has 1 rings (SSSR count). The van der Waals surface area contributed by atoms with E-state index in [1.165, 1.54) is 4.90 Å². The molecule has 1 N–H and O–H groups in total. The van der Waals surface area contributed by atoms with Crippen molar-refractivity contribution in [3.05, 3.63) is 0 Å². The van der Waals surface area contributed by atoms with Crippen LogP contribution < -0.4 is 5.32 Å². The van der Waals surface area contributed by atoms with Crippen LogP contribution in [0.2, 0.25) is 0 Å². The molecular formula is C12H19F3N2O2S. The molecule has 2 unspecified atom stereocenters. The molecule has 2 amide bonds. The van der Waals surface area contributed by atoms with Crippen molar-refractivity contribution < 1.29 is 22.8 Å². The van der Waals surface area contributed by atoms with Gasteiger partial charge in [0.2, 0.25) is 11.8 Å². The third-order valence-corrected chi connectivity index (χ3v) is 4.35. The molecule has 1 fully saturated rings. The Morgan fingerprint density at radius 1 is 1.35 bits per heavy atom. The van der Waals surface area contributed by atoms with Gasteiger partial charge in [-0.25, -0.2) is 0 Å². The van der Waals surface area contributed by atoms with Crippen molar-refractivity contribution in [2.75, 3.05) is 12.3 Å². The Labute approximate surface area is 120 Å². The number of rotatable bonds is 5. The van der Waals surface area contributed by atoms with Crippen molar-refractivity contribution in [3.8, 4) is 0 Å². The number of piperazine rings is 1. The van der Waals surface area contributed by atoms with Crippen LogP contribution in [0.3, 0.4) is 0 Å². The van der Waals surface area contributed by atoms with Crippen molar-refractivity contribution in [2.24, 2.45) is 0 Å². The predicted octanol–water partition coefficient (Wildman–Crippen LogP) is 2.15. The Morgan fingerprint density at radius 2 is 1.95 bits per heavy atom. The topological polar surface area (TPSA) is 49.4 Å². The van der Waals surface area contributed by atoms with Gasteiger partial charge in [0.25, 0.3) is 0 Å². The van der Waals surface area contributed by atoms with Gasteiger partial charge in [-0.05, 0) is 31.5 Å². The first-order valence-corrected chi connectivity index (χ1v) is 7.47. The Bertz CT molecular complexity index is 389. The van der Waals surface area contributed by atoms with Gasteiger partial charge in [-0.3, -0.25) is 9.59 Å². The lowest BCUT2D eigenvalue weighted by Crippen LogP contribution is -2.69. The van der Waals surface area contributed by atoms with E-state index in [-0.39, 0.29) is 35.9 Å². The van der Waals surface area contributed by atoms with Gasteiger partial charge in [-0.2, -0.15) is 13.2 Å². The fourth-order valence-electron chi connectivity index (χ4n) is 2.17. The maximum Gasteiger partial charge on any atom is 0.441 e. The summed E-state index contributed by atoms with van der Waals surface area (Å²) in [6.45, 7) is 4.99. The molecule has 1 saturated heterocycles. The molecule has 0 aromatic heterocycles. The van der Waals surface area contributed by atoms with E-state index in [1.54, 1.807) is 20.8 Å². The van der Waals surface area contributed by atoms with E-state index in [1.807, 2.05) is 0 Å². The lowest BCUT2D eigenvalue weighted by Gasteiger charge is -2.45. The fourth-order valence-corrected chi connectivity index (χ4v) is 2.67. The van der Waals surface area contributed by atoms with Gasteiger partial charge in [0.15, 0.2) is 0 Å². The number of nitrogens with zero attached hydrogens (tertiary/aromatic N) is 1. The molecule has 0 spiro atoms.